The summed E-state index contributed by atoms with van der Waals surface area (Å²) < 4.78 is 27.5. The van der Waals surface area contributed by atoms with Gasteiger partial charge in [-0.1, -0.05) is 29.8 Å². The summed E-state index contributed by atoms with van der Waals surface area (Å²) in [6.07, 6.45) is 1.08. The quantitative estimate of drug-likeness (QED) is 0.878. The van der Waals surface area contributed by atoms with Crippen molar-refractivity contribution in [3.05, 3.63) is 70.3 Å². The first-order valence-electron chi connectivity index (χ1n) is 7.17. The fourth-order valence-corrected chi connectivity index (χ4v) is 2.54. The second-order valence-electron chi connectivity index (χ2n) is 5.52. The SMILES string of the molecule is CNC(Cc1cc(C)ccc1C)Cc1c(F)cccc1F. The van der Waals surface area contributed by atoms with Crippen LogP contribution in [0.3, 0.4) is 0 Å². The van der Waals surface area contributed by atoms with E-state index in [0.717, 1.165) is 6.42 Å². The van der Waals surface area contributed by atoms with Crippen LogP contribution in [0.1, 0.15) is 22.3 Å². The highest BCUT2D eigenvalue weighted by Crippen LogP contribution is 2.18. The smallest absolute Gasteiger partial charge is 0.129 e. The Bertz CT molecular complexity index is 602. The summed E-state index contributed by atoms with van der Waals surface area (Å²) in [7, 11) is 1.83. The number of halogens is 2. The van der Waals surface area contributed by atoms with Gasteiger partial charge in [0.15, 0.2) is 0 Å². The standard InChI is InChI=1S/C18H21F2N/c1-12-7-8-13(2)14(9-12)10-15(21-3)11-16-17(19)5-4-6-18(16)20/h4-9,15,21H,10-11H2,1-3H3. The number of likely N-dealkylation sites (N-methyl/N-ethyl adjacent to an activating group) is 1. The number of rotatable bonds is 5. The first-order chi connectivity index (χ1) is 10.0. The van der Waals surface area contributed by atoms with Crippen molar-refractivity contribution in [2.24, 2.45) is 0 Å². The summed E-state index contributed by atoms with van der Waals surface area (Å²) in [5, 5.41) is 3.17. The van der Waals surface area contributed by atoms with Crippen LogP contribution in [-0.2, 0) is 12.8 Å². The molecule has 1 nitrogen and oxygen atoms in total. The molecule has 0 heterocycles. The molecule has 112 valence electrons. The predicted octanol–water partition coefficient (Wildman–Crippen LogP) is 3.95. The van der Waals surface area contributed by atoms with Crippen molar-refractivity contribution >= 4 is 0 Å². The Morgan fingerprint density at radius 3 is 2.29 bits per heavy atom. The van der Waals surface area contributed by atoms with Gasteiger partial charge in [0.2, 0.25) is 0 Å². The van der Waals surface area contributed by atoms with Crippen molar-refractivity contribution in [2.45, 2.75) is 32.7 Å². The molecule has 0 spiro atoms. The molecule has 0 aliphatic carbocycles. The van der Waals surface area contributed by atoms with Gasteiger partial charge in [0, 0.05) is 11.6 Å². The lowest BCUT2D eigenvalue weighted by Crippen LogP contribution is -2.31. The highest BCUT2D eigenvalue weighted by atomic mass is 19.1. The Morgan fingerprint density at radius 1 is 1.00 bits per heavy atom. The van der Waals surface area contributed by atoms with Crippen molar-refractivity contribution in [1.82, 2.24) is 5.32 Å². The van der Waals surface area contributed by atoms with Crippen LogP contribution in [0, 0.1) is 25.5 Å². The van der Waals surface area contributed by atoms with E-state index in [0.29, 0.717) is 6.42 Å². The third-order valence-electron chi connectivity index (χ3n) is 3.89. The summed E-state index contributed by atoms with van der Waals surface area (Å²) in [4.78, 5) is 0. The maximum Gasteiger partial charge on any atom is 0.129 e. The van der Waals surface area contributed by atoms with Gasteiger partial charge in [0.05, 0.1) is 0 Å². The van der Waals surface area contributed by atoms with Gasteiger partial charge in [-0.3, -0.25) is 0 Å². The Balaban J connectivity index is 2.19. The van der Waals surface area contributed by atoms with Gasteiger partial charge in [0.1, 0.15) is 11.6 Å². The lowest BCUT2D eigenvalue weighted by molar-refractivity contribution is 0.501. The molecule has 0 saturated heterocycles. The van der Waals surface area contributed by atoms with Crippen LogP contribution < -0.4 is 5.32 Å². The largest absolute Gasteiger partial charge is 0.316 e. The molecule has 21 heavy (non-hydrogen) atoms. The summed E-state index contributed by atoms with van der Waals surface area (Å²) in [6, 6.07) is 10.3. The molecular weight excluding hydrogens is 268 g/mol. The van der Waals surface area contributed by atoms with Crippen LogP contribution in [0.4, 0.5) is 8.78 Å². The van der Waals surface area contributed by atoms with Crippen molar-refractivity contribution in [3.8, 4) is 0 Å². The Hall–Kier alpha value is -1.74. The van der Waals surface area contributed by atoms with Crippen LogP contribution in [-0.4, -0.2) is 13.1 Å². The molecule has 1 atom stereocenters. The molecule has 0 radical (unpaired) electrons. The molecule has 1 N–H and O–H groups in total. The fourth-order valence-electron chi connectivity index (χ4n) is 2.54. The lowest BCUT2D eigenvalue weighted by Gasteiger charge is -2.19. The van der Waals surface area contributed by atoms with Gasteiger partial charge in [-0.25, -0.2) is 8.78 Å². The zero-order valence-corrected chi connectivity index (χ0v) is 12.7. The van der Waals surface area contributed by atoms with E-state index in [4.69, 9.17) is 0 Å². The number of nitrogens with one attached hydrogen (secondary N) is 1. The van der Waals surface area contributed by atoms with Crippen LogP contribution >= 0.6 is 0 Å². The van der Waals surface area contributed by atoms with Gasteiger partial charge in [-0.05, 0) is 57.0 Å². The van der Waals surface area contributed by atoms with E-state index in [1.807, 2.05) is 14.0 Å². The number of benzene rings is 2. The van der Waals surface area contributed by atoms with Crippen LogP contribution in [0.15, 0.2) is 36.4 Å². The van der Waals surface area contributed by atoms with E-state index >= 15 is 0 Å². The Kier molecular flexibility index (Phi) is 5.07. The molecule has 0 saturated carbocycles. The third-order valence-corrected chi connectivity index (χ3v) is 3.89. The molecule has 0 aromatic heterocycles. The van der Waals surface area contributed by atoms with Crippen LogP contribution in [0.25, 0.3) is 0 Å². The Labute approximate surface area is 125 Å². The van der Waals surface area contributed by atoms with E-state index in [9.17, 15) is 8.78 Å². The van der Waals surface area contributed by atoms with Gasteiger partial charge in [0.25, 0.3) is 0 Å². The highest BCUT2D eigenvalue weighted by Gasteiger charge is 2.15. The van der Waals surface area contributed by atoms with E-state index in [2.05, 4.69) is 30.4 Å². The highest BCUT2D eigenvalue weighted by molar-refractivity contribution is 5.31. The molecule has 1 unspecified atom stereocenters. The van der Waals surface area contributed by atoms with E-state index in [1.54, 1.807) is 0 Å². The second kappa shape index (κ2) is 6.81. The van der Waals surface area contributed by atoms with Gasteiger partial charge < -0.3 is 5.32 Å². The molecule has 0 fully saturated rings. The number of hydrogen-bond acceptors (Lipinski definition) is 1. The van der Waals surface area contributed by atoms with Crippen LogP contribution in [0.5, 0.6) is 0 Å². The summed E-state index contributed by atoms with van der Waals surface area (Å²) in [6.45, 7) is 4.11. The minimum Gasteiger partial charge on any atom is -0.316 e. The van der Waals surface area contributed by atoms with E-state index in [-0.39, 0.29) is 11.6 Å². The first-order valence-corrected chi connectivity index (χ1v) is 7.17. The first kappa shape index (κ1) is 15.6. The average molecular weight is 289 g/mol. The molecule has 2 aromatic rings. The Morgan fingerprint density at radius 2 is 1.67 bits per heavy atom. The molecule has 0 aliphatic heterocycles. The summed E-state index contributed by atoms with van der Waals surface area (Å²) in [5.74, 6) is -0.951. The lowest BCUT2D eigenvalue weighted by atomic mass is 9.95. The van der Waals surface area contributed by atoms with Crippen LogP contribution in [0.2, 0.25) is 0 Å². The molecule has 2 aromatic carbocycles. The molecule has 2 rings (SSSR count). The number of aryl methyl sites for hydroxylation is 2. The maximum atomic E-state index is 13.8. The fraction of sp³-hybridized carbons (Fsp3) is 0.333. The third kappa shape index (κ3) is 3.88. The maximum absolute atomic E-state index is 13.8. The summed E-state index contributed by atoms with van der Waals surface area (Å²) in [5.41, 5.74) is 3.77. The predicted molar refractivity (Wildman–Crippen MR) is 82.5 cm³/mol. The molecule has 0 aliphatic rings. The van der Waals surface area contributed by atoms with E-state index < -0.39 is 11.6 Å². The topological polar surface area (TPSA) is 12.0 Å². The zero-order chi connectivity index (χ0) is 15.4. The van der Waals surface area contributed by atoms with Gasteiger partial charge in [-0.2, -0.15) is 0 Å². The second-order valence-corrected chi connectivity index (χ2v) is 5.52. The summed E-state index contributed by atoms with van der Waals surface area (Å²) >= 11 is 0. The minimum atomic E-state index is -0.476. The van der Waals surface area contributed by atoms with Gasteiger partial charge in [-0.15, -0.1) is 0 Å². The average Bonchev–Trinajstić information content (AvgIpc) is 2.45. The molecular formula is C18H21F2N. The van der Waals surface area contributed by atoms with Crippen molar-refractivity contribution in [1.29, 1.82) is 0 Å². The minimum absolute atomic E-state index is 0.00287. The zero-order valence-electron chi connectivity index (χ0n) is 12.7. The molecule has 0 amide bonds. The normalized spacial score (nSPS) is 12.4. The van der Waals surface area contributed by atoms with E-state index in [1.165, 1.54) is 34.9 Å². The monoisotopic (exact) mass is 289 g/mol. The van der Waals surface area contributed by atoms with Crippen molar-refractivity contribution in [2.75, 3.05) is 7.05 Å². The molecule has 3 heteroatoms. The molecule has 0 bridgehead atoms. The van der Waals surface area contributed by atoms with Crippen molar-refractivity contribution in [3.63, 3.8) is 0 Å². The van der Waals surface area contributed by atoms with Gasteiger partial charge >= 0.3 is 0 Å². The number of hydrogen-bond donors (Lipinski definition) is 1. The van der Waals surface area contributed by atoms with Crippen molar-refractivity contribution < 1.29 is 8.78 Å².